The summed E-state index contributed by atoms with van der Waals surface area (Å²) in [7, 11) is 0. The molecule has 2 aromatic rings. The van der Waals surface area contributed by atoms with E-state index in [-0.39, 0.29) is 5.02 Å². The van der Waals surface area contributed by atoms with Gasteiger partial charge < -0.3 is 5.32 Å². The summed E-state index contributed by atoms with van der Waals surface area (Å²) >= 11 is 5.82. The zero-order chi connectivity index (χ0) is 13.9. The molecule has 0 radical (unpaired) electrons. The molecule has 0 atom stereocenters. The van der Waals surface area contributed by atoms with Gasteiger partial charge in [0.25, 0.3) is 0 Å². The summed E-state index contributed by atoms with van der Waals surface area (Å²) in [6.45, 7) is 0.395. The van der Waals surface area contributed by atoms with E-state index in [1.807, 2.05) is 12.1 Å². The SMILES string of the molecule is FC(F)(F)c1ccc(NCc2ccccn2)c(Cl)c1. The standard InChI is InChI=1S/C13H10ClF3N2/c14-11-7-9(13(15,16)17)4-5-12(11)19-8-10-3-1-2-6-18-10/h1-7,19H,8H2. The van der Waals surface area contributed by atoms with Gasteiger partial charge in [0.1, 0.15) is 0 Å². The zero-order valence-electron chi connectivity index (χ0n) is 9.71. The number of halogens is 4. The molecule has 0 saturated heterocycles. The Morgan fingerprint density at radius 1 is 1.16 bits per heavy atom. The molecule has 6 heteroatoms. The smallest absolute Gasteiger partial charge is 0.378 e. The molecule has 0 spiro atoms. The van der Waals surface area contributed by atoms with Crippen LogP contribution in [0.2, 0.25) is 5.02 Å². The highest BCUT2D eigenvalue weighted by atomic mass is 35.5. The highest BCUT2D eigenvalue weighted by Crippen LogP contribution is 2.33. The number of hydrogen-bond donors (Lipinski definition) is 1. The van der Waals surface area contributed by atoms with E-state index in [0.29, 0.717) is 12.2 Å². The van der Waals surface area contributed by atoms with E-state index in [2.05, 4.69) is 10.3 Å². The van der Waals surface area contributed by atoms with Crippen LogP contribution >= 0.6 is 11.6 Å². The molecule has 0 fully saturated rings. The molecule has 0 unspecified atom stereocenters. The highest BCUT2D eigenvalue weighted by Gasteiger charge is 2.30. The number of benzene rings is 1. The molecule has 0 amide bonds. The molecular formula is C13H10ClF3N2. The van der Waals surface area contributed by atoms with E-state index in [9.17, 15) is 13.2 Å². The van der Waals surface area contributed by atoms with E-state index in [4.69, 9.17) is 11.6 Å². The lowest BCUT2D eigenvalue weighted by atomic mass is 10.2. The Morgan fingerprint density at radius 2 is 1.95 bits per heavy atom. The van der Waals surface area contributed by atoms with Gasteiger partial charge in [0.05, 0.1) is 28.5 Å². The normalized spacial score (nSPS) is 11.4. The number of pyridine rings is 1. The summed E-state index contributed by atoms with van der Waals surface area (Å²) in [4.78, 5) is 4.09. The second-order valence-corrected chi connectivity index (χ2v) is 4.27. The average molecular weight is 287 g/mol. The number of hydrogen-bond acceptors (Lipinski definition) is 2. The van der Waals surface area contributed by atoms with Crippen molar-refractivity contribution in [2.45, 2.75) is 12.7 Å². The predicted octanol–water partition coefficient (Wildman–Crippen LogP) is 4.37. The van der Waals surface area contributed by atoms with Crippen LogP contribution in [-0.4, -0.2) is 4.98 Å². The fraction of sp³-hybridized carbons (Fsp3) is 0.154. The molecule has 0 aliphatic heterocycles. The monoisotopic (exact) mass is 286 g/mol. The predicted molar refractivity (Wildman–Crippen MR) is 68.0 cm³/mol. The maximum absolute atomic E-state index is 12.5. The molecule has 1 aromatic carbocycles. The van der Waals surface area contributed by atoms with Crippen LogP contribution in [0.4, 0.5) is 18.9 Å². The van der Waals surface area contributed by atoms with Crippen molar-refractivity contribution >= 4 is 17.3 Å². The zero-order valence-corrected chi connectivity index (χ0v) is 10.5. The third-order valence-corrected chi connectivity index (χ3v) is 2.80. The van der Waals surface area contributed by atoms with Crippen molar-refractivity contribution in [3.8, 4) is 0 Å². The molecular weight excluding hydrogens is 277 g/mol. The van der Waals surface area contributed by atoms with E-state index < -0.39 is 11.7 Å². The molecule has 2 nitrogen and oxygen atoms in total. The largest absolute Gasteiger partial charge is 0.416 e. The fourth-order valence-electron chi connectivity index (χ4n) is 1.52. The maximum atomic E-state index is 12.5. The van der Waals surface area contributed by atoms with Crippen LogP contribution in [0.3, 0.4) is 0 Å². The lowest BCUT2D eigenvalue weighted by Crippen LogP contribution is -2.06. The highest BCUT2D eigenvalue weighted by molar-refractivity contribution is 6.33. The number of aromatic nitrogens is 1. The summed E-state index contributed by atoms with van der Waals surface area (Å²) in [5, 5.41) is 2.98. The van der Waals surface area contributed by atoms with Crippen molar-refractivity contribution in [3.05, 3.63) is 58.9 Å². The Bertz CT molecular complexity index is 556. The van der Waals surface area contributed by atoms with Crippen molar-refractivity contribution in [1.82, 2.24) is 4.98 Å². The maximum Gasteiger partial charge on any atom is 0.416 e. The van der Waals surface area contributed by atoms with Crippen LogP contribution < -0.4 is 5.32 Å². The van der Waals surface area contributed by atoms with Crippen LogP contribution in [0.15, 0.2) is 42.6 Å². The van der Waals surface area contributed by atoms with Crippen molar-refractivity contribution in [3.63, 3.8) is 0 Å². The minimum atomic E-state index is -4.39. The lowest BCUT2D eigenvalue weighted by molar-refractivity contribution is -0.137. The lowest BCUT2D eigenvalue weighted by Gasteiger charge is -2.11. The molecule has 100 valence electrons. The van der Waals surface area contributed by atoms with Crippen LogP contribution in [0.25, 0.3) is 0 Å². The van der Waals surface area contributed by atoms with E-state index in [1.165, 1.54) is 6.07 Å². The summed E-state index contributed by atoms with van der Waals surface area (Å²) < 4.78 is 37.4. The first-order valence-corrected chi connectivity index (χ1v) is 5.85. The average Bonchev–Trinajstić information content (AvgIpc) is 2.37. The Labute approximate surface area is 113 Å². The molecule has 1 N–H and O–H groups in total. The van der Waals surface area contributed by atoms with Gasteiger partial charge in [0, 0.05) is 6.20 Å². The van der Waals surface area contributed by atoms with Gasteiger partial charge in [-0.1, -0.05) is 17.7 Å². The third-order valence-electron chi connectivity index (χ3n) is 2.48. The summed E-state index contributed by atoms with van der Waals surface area (Å²) in [5.74, 6) is 0. The minimum absolute atomic E-state index is 0.0331. The quantitative estimate of drug-likeness (QED) is 0.906. The summed E-state index contributed by atoms with van der Waals surface area (Å²) in [6.07, 6.45) is -2.74. The van der Waals surface area contributed by atoms with Crippen LogP contribution in [-0.2, 0) is 12.7 Å². The Balaban J connectivity index is 2.10. The minimum Gasteiger partial charge on any atom is -0.378 e. The van der Waals surface area contributed by atoms with Crippen LogP contribution in [0.5, 0.6) is 0 Å². The van der Waals surface area contributed by atoms with Gasteiger partial charge in [-0.3, -0.25) is 4.98 Å². The summed E-state index contributed by atoms with van der Waals surface area (Å²) in [5.41, 5.74) is 0.458. The van der Waals surface area contributed by atoms with Crippen LogP contribution in [0, 0.1) is 0 Å². The number of rotatable bonds is 3. The van der Waals surface area contributed by atoms with Gasteiger partial charge in [-0.25, -0.2) is 0 Å². The van der Waals surface area contributed by atoms with Crippen LogP contribution in [0.1, 0.15) is 11.3 Å². The van der Waals surface area contributed by atoms with Crippen molar-refractivity contribution in [2.75, 3.05) is 5.32 Å². The molecule has 0 saturated carbocycles. The molecule has 0 aliphatic carbocycles. The van der Waals surface area contributed by atoms with Gasteiger partial charge in [-0.05, 0) is 30.3 Å². The summed E-state index contributed by atoms with van der Waals surface area (Å²) in [6, 6.07) is 8.64. The van der Waals surface area contributed by atoms with Crippen molar-refractivity contribution in [2.24, 2.45) is 0 Å². The van der Waals surface area contributed by atoms with Gasteiger partial charge in [-0.2, -0.15) is 13.2 Å². The Kier molecular flexibility index (Phi) is 3.95. The number of alkyl halides is 3. The van der Waals surface area contributed by atoms with Gasteiger partial charge in [0.2, 0.25) is 0 Å². The van der Waals surface area contributed by atoms with Crippen molar-refractivity contribution < 1.29 is 13.2 Å². The molecule has 19 heavy (non-hydrogen) atoms. The number of nitrogens with zero attached hydrogens (tertiary/aromatic N) is 1. The number of nitrogens with one attached hydrogen (secondary N) is 1. The Morgan fingerprint density at radius 3 is 2.53 bits per heavy atom. The van der Waals surface area contributed by atoms with Gasteiger partial charge in [0.15, 0.2) is 0 Å². The third kappa shape index (κ3) is 3.61. The first kappa shape index (κ1) is 13.7. The van der Waals surface area contributed by atoms with E-state index in [0.717, 1.165) is 17.8 Å². The number of anilines is 1. The van der Waals surface area contributed by atoms with E-state index in [1.54, 1.807) is 12.3 Å². The topological polar surface area (TPSA) is 24.9 Å². The molecule has 1 heterocycles. The first-order valence-electron chi connectivity index (χ1n) is 5.47. The second-order valence-electron chi connectivity index (χ2n) is 3.87. The van der Waals surface area contributed by atoms with Gasteiger partial charge in [-0.15, -0.1) is 0 Å². The molecule has 1 aromatic heterocycles. The van der Waals surface area contributed by atoms with E-state index >= 15 is 0 Å². The first-order chi connectivity index (χ1) is 8.97. The van der Waals surface area contributed by atoms with Crippen molar-refractivity contribution in [1.29, 1.82) is 0 Å². The molecule has 0 aliphatic rings. The second kappa shape index (κ2) is 5.48. The fourth-order valence-corrected chi connectivity index (χ4v) is 1.77. The Hall–Kier alpha value is -1.75. The molecule has 2 rings (SSSR count). The molecule has 0 bridgehead atoms. The van der Waals surface area contributed by atoms with Gasteiger partial charge >= 0.3 is 6.18 Å².